The van der Waals surface area contributed by atoms with E-state index in [2.05, 4.69) is 0 Å². The molecule has 0 atom stereocenters. The fourth-order valence-corrected chi connectivity index (χ4v) is 2.37. The Hall–Kier alpha value is -1.75. The molecule has 0 heterocycles. The minimum absolute atomic E-state index is 0.00611. The van der Waals surface area contributed by atoms with E-state index in [1.807, 2.05) is 0 Å². The van der Waals surface area contributed by atoms with Crippen LogP contribution in [0, 0.1) is 0 Å². The second kappa shape index (κ2) is 7.14. The molecule has 5 nitrogen and oxygen atoms in total. The van der Waals surface area contributed by atoms with Crippen molar-refractivity contribution < 1.29 is 24.0 Å². The van der Waals surface area contributed by atoms with Crippen LogP contribution in [0.1, 0.15) is 42.5 Å². The molecule has 0 N–H and O–H groups in total. The van der Waals surface area contributed by atoms with Gasteiger partial charge in [0.1, 0.15) is 23.2 Å². The highest BCUT2D eigenvalue weighted by Crippen LogP contribution is 2.29. The average molecular weight is 280 g/mol. The maximum atomic E-state index is 12.1. The normalized spacial score (nSPS) is 15.7. The van der Waals surface area contributed by atoms with Crippen LogP contribution in [0.5, 0.6) is 11.5 Å². The number of carbonyl (C=O) groups is 1. The van der Waals surface area contributed by atoms with Gasteiger partial charge in [0.05, 0.1) is 14.2 Å². The van der Waals surface area contributed by atoms with E-state index in [1.165, 1.54) is 20.6 Å². The zero-order chi connectivity index (χ0) is 14.4. The number of rotatable bonds is 5. The van der Waals surface area contributed by atoms with Crippen molar-refractivity contribution in [3.05, 3.63) is 23.8 Å². The maximum absolute atomic E-state index is 12.1. The van der Waals surface area contributed by atoms with Crippen molar-refractivity contribution in [2.75, 3.05) is 14.2 Å². The molecule has 1 saturated carbocycles. The van der Waals surface area contributed by atoms with E-state index in [0.29, 0.717) is 11.5 Å². The summed E-state index contributed by atoms with van der Waals surface area (Å²) in [4.78, 5) is 22.3. The third-order valence-electron chi connectivity index (χ3n) is 3.44. The van der Waals surface area contributed by atoms with Crippen LogP contribution in [-0.2, 0) is 9.78 Å². The Labute approximate surface area is 118 Å². The van der Waals surface area contributed by atoms with E-state index in [-0.39, 0.29) is 11.7 Å². The second-order valence-corrected chi connectivity index (χ2v) is 4.76. The number of ether oxygens (including phenoxy) is 2. The van der Waals surface area contributed by atoms with E-state index >= 15 is 0 Å². The quantitative estimate of drug-likeness (QED) is 0.612. The first-order chi connectivity index (χ1) is 9.76. The number of hydrogen-bond donors (Lipinski definition) is 0. The lowest BCUT2D eigenvalue weighted by atomic mass is 9.98. The van der Waals surface area contributed by atoms with Gasteiger partial charge >= 0.3 is 5.97 Å². The molecule has 20 heavy (non-hydrogen) atoms. The van der Waals surface area contributed by atoms with Gasteiger partial charge in [0.2, 0.25) is 0 Å². The van der Waals surface area contributed by atoms with Crippen LogP contribution in [0.3, 0.4) is 0 Å². The summed E-state index contributed by atoms with van der Waals surface area (Å²) in [5.41, 5.74) is 0.244. The van der Waals surface area contributed by atoms with Crippen LogP contribution in [-0.4, -0.2) is 26.3 Å². The van der Waals surface area contributed by atoms with Crippen molar-refractivity contribution in [3.63, 3.8) is 0 Å². The van der Waals surface area contributed by atoms with Gasteiger partial charge in [-0.2, -0.15) is 4.89 Å². The molecular weight excluding hydrogens is 260 g/mol. The summed E-state index contributed by atoms with van der Waals surface area (Å²) in [6.45, 7) is 0. The highest BCUT2D eigenvalue weighted by molar-refractivity contribution is 5.95. The monoisotopic (exact) mass is 280 g/mol. The third-order valence-corrected chi connectivity index (χ3v) is 3.44. The summed E-state index contributed by atoms with van der Waals surface area (Å²) in [5, 5.41) is 0. The summed E-state index contributed by atoms with van der Waals surface area (Å²) in [7, 11) is 2.99. The van der Waals surface area contributed by atoms with Crippen molar-refractivity contribution in [1.29, 1.82) is 0 Å². The van der Waals surface area contributed by atoms with Gasteiger partial charge in [0.15, 0.2) is 0 Å². The molecule has 1 fully saturated rings. The van der Waals surface area contributed by atoms with Crippen molar-refractivity contribution in [1.82, 2.24) is 0 Å². The van der Waals surface area contributed by atoms with Crippen LogP contribution >= 0.6 is 0 Å². The Morgan fingerprint density at radius 3 is 2.20 bits per heavy atom. The molecule has 0 aliphatic heterocycles. The molecule has 1 aliphatic rings. The van der Waals surface area contributed by atoms with Crippen LogP contribution in [0.2, 0.25) is 0 Å². The van der Waals surface area contributed by atoms with E-state index in [9.17, 15) is 4.79 Å². The molecule has 5 heteroatoms. The lowest BCUT2D eigenvalue weighted by Gasteiger charge is -2.20. The van der Waals surface area contributed by atoms with Crippen LogP contribution in [0.25, 0.3) is 0 Å². The summed E-state index contributed by atoms with van der Waals surface area (Å²) < 4.78 is 10.3. The van der Waals surface area contributed by atoms with Gasteiger partial charge in [-0.15, -0.1) is 0 Å². The highest BCUT2D eigenvalue weighted by Gasteiger charge is 2.23. The molecule has 0 unspecified atom stereocenters. The molecule has 0 aromatic heterocycles. The number of hydrogen-bond acceptors (Lipinski definition) is 5. The molecule has 110 valence electrons. The van der Waals surface area contributed by atoms with E-state index < -0.39 is 5.97 Å². The SMILES string of the molecule is COc1cccc(OC)c1C(=O)OOC1CCCCC1. The molecule has 2 rings (SSSR count). The smallest absolute Gasteiger partial charge is 0.380 e. The molecule has 0 spiro atoms. The standard InChI is InChI=1S/C15H20O5/c1-17-12-9-6-10-13(18-2)14(12)15(16)20-19-11-7-4-3-5-8-11/h6,9-11H,3-5,7-8H2,1-2H3. The summed E-state index contributed by atoms with van der Waals surface area (Å²) >= 11 is 0. The molecular formula is C15H20O5. The molecule has 1 aromatic rings. The molecule has 0 saturated heterocycles. The Bertz CT molecular complexity index is 429. The number of methoxy groups -OCH3 is 2. The van der Waals surface area contributed by atoms with Gasteiger partial charge in [0.25, 0.3) is 0 Å². The molecule has 1 aromatic carbocycles. The Kier molecular flexibility index (Phi) is 5.24. The molecule has 0 amide bonds. The van der Waals surface area contributed by atoms with Crippen molar-refractivity contribution in [3.8, 4) is 11.5 Å². The molecule has 0 bridgehead atoms. The third kappa shape index (κ3) is 3.42. The lowest BCUT2D eigenvalue weighted by Crippen LogP contribution is -2.19. The van der Waals surface area contributed by atoms with Gasteiger partial charge in [-0.3, -0.25) is 4.89 Å². The van der Waals surface area contributed by atoms with Gasteiger partial charge in [-0.05, 0) is 25.0 Å². The van der Waals surface area contributed by atoms with Crippen LogP contribution in [0.15, 0.2) is 18.2 Å². The largest absolute Gasteiger partial charge is 0.496 e. The maximum Gasteiger partial charge on any atom is 0.380 e. The van der Waals surface area contributed by atoms with Crippen molar-refractivity contribution >= 4 is 5.97 Å². The Morgan fingerprint density at radius 2 is 1.65 bits per heavy atom. The van der Waals surface area contributed by atoms with Crippen molar-refractivity contribution in [2.24, 2.45) is 0 Å². The van der Waals surface area contributed by atoms with Crippen LogP contribution in [0.4, 0.5) is 0 Å². The molecule has 1 aliphatic carbocycles. The predicted octanol–water partition coefficient (Wildman–Crippen LogP) is 3.12. The fraction of sp³-hybridized carbons (Fsp3) is 0.533. The molecule has 0 radical (unpaired) electrons. The zero-order valence-corrected chi connectivity index (χ0v) is 11.9. The van der Waals surface area contributed by atoms with Gasteiger partial charge in [-0.1, -0.05) is 25.3 Å². The van der Waals surface area contributed by atoms with Crippen molar-refractivity contribution in [2.45, 2.75) is 38.2 Å². The average Bonchev–Trinajstić information content (AvgIpc) is 2.52. The fourth-order valence-electron chi connectivity index (χ4n) is 2.37. The lowest BCUT2D eigenvalue weighted by molar-refractivity contribution is -0.279. The first kappa shape index (κ1) is 14.7. The zero-order valence-electron chi connectivity index (χ0n) is 11.9. The Morgan fingerprint density at radius 1 is 1.05 bits per heavy atom. The van der Waals surface area contributed by atoms with Gasteiger partial charge < -0.3 is 9.47 Å². The van der Waals surface area contributed by atoms with E-state index in [4.69, 9.17) is 19.2 Å². The predicted molar refractivity (Wildman–Crippen MR) is 72.9 cm³/mol. The first-order valence-corrected chi connectivity index (χ1v) is 6.85. The second-order valence-electron chi connectivity index (χ2n) is 4.76. The first-order valence-electron chi connectivity index (χ1n) is 6.85. The minimum atomic E-state index is -0.593. The number of benzene rings is 1. The number of carbonyl (C=O) groups excluding carboxylic acids is 1. The highest BCUT2D eigenvalue weighted by atomic mass is 17.2. The van der Waals surface area contributed by atoms with Gasteiger partial charge in [0, 0.05) is 0 Å². The van der Waals surface area contributed by atoms with E-state index in [0.717, 1.165) is 25.7 Å². The van der Waals surface area contributed by atoms with E-state index in [1.54, 1.807) is 18.2 Å². The topological polar surface area (TPSA) is 54.0 Å². The minimum Gasteiger partial charge on any atom is -0.496 e. The van der Waals surface area contributed by atoms with Crippen LogP contribution < -0.4 is 9.47 Å². The summed E-state index contributed by atoms with van der Waals surface area (Å²) in [5.74, 6) is 0.216. The Balaban J connectivity index is 2.04. The summed E-state index contributed by atoms with van der Waals surface area (Å²) in [6, 6.07) is 5.11. The van der Waals surface area contributed by atoms with Gasteiger partial charge in [-0.25, -0.2) is 4.79 Å². The summed E-state index contributed by atoms with van der Waals surface area (Å²) in [6.07, 6.45) is 5.29.